The molecule has 0 saturated heterocycles. The zero-order valence-electron chi connectivity index (χ0n) is 11.7. The van der Waals surface area contributed by atoms with Crippen molar-refractivity contribution in [2.75, 3.05) is 13.9 Å². The number of aliphatic hydroxyl groups excluding tert-OH is 1. The minimum atomic E-state index is -0.127. The number of hydrogen-bond acceptors (Lipinski definition) is 5. The maximum atomic E-state index is 9.45. The molecule has 0 aliphatic carbocycles. The van der Waals surface area contributed by atoms with Gasteiger partial charge in [0, 0.05) is 17.2 Å². The van der Waals surface area contributed by atoms with Gasteiger partial charge in [0.1, 0.15) is 18.1 Å². The van der Waals surface area contributed by atoms with Crippen LogP contribution in [0.3, 0.4) is 0 Å². The third-order valence-electron chi connectivity index (χ3n) is 3.30. The number of methoxy groups -OCH3 is 1. The first kappa shape index (κ1) is 13.6. The Morgan fingerprint density at radius 3 is 2.57 bits per heavy atom. The molecule has 0 bridgehead atoms. The topological polar surface area (TPSA) is 57.2 Å². The van der Waals surface area contributed by atoms with Crippen LogP contribution >= 0.6 is 0 Å². The van der Waals surface area contributed by atoms with Crippen LogP contribution in [-0.2, 0) is 13.2 Å². The van der Waals surface area contributed by atoms with Crippen molar-refractivity contribution in [1.82, 2.24) is 0 Å². The van der Waals surface area contributed by atoms with E-state index in [4.69, 9.17) is 18.9 Å². The molecule has 1 heterocycles. The highest BCUT2D eigenvalue weighted by Gasteiger charge is 2.18. The van der Waals surface area contributed by atoms with Gasteiger partial charge in [-0.15, -0.1) is 0 Å². The molecular weight excluding hydrogens is 272 g/mol. The van der Waals surface area contributed by atoms with E-state index in [9.17, 15) is 5.11 Å². The van der Waals surface area contributed by atoms with Crippen molar-refractivity contribution >= 4 is 0 Å². The fourth-order valence-corrected chi connectivity index (χ4v) is 2.20. The first-order chi connectivity index (χ1) is 10.3. The molecule has 0 spiro atoms. The Morgan fingerprint density at radius 1 is 1.05 bits per heavy atom. The minimum Gasteiger partial charge on any atom is -0.496 e. The van der Waals surface area contributed by atoms with E-state index >= 15 is 0 Å². The van der Waals surface area contributed by atoms with Crippen LogP contribution in [0.15, 0.2) is 36.4 Å². The van der Waals surface area contributed by atoms with E-state index in [1.807, 2.05) is 24.3 Å². The molecule has 110 valence electrons. The molecule has 0 aromatic heterocycles. The van der Waals surface area contributed by atoms with E-state index in [0.717, 1.165) is 11.3 Å². The molecule has 0 radical (unpaired) electrons. The highest BCUT2D eigenvalue weighted by molar-refractivity contribution is 5.51. The Hall–Kier alpha value is -2.40. The van der Waals surface area contributed by atoms with Crippen molar-refractivity contribution in [3.63, 3.8) is 0 Å². The summed E-state index contributed by atoms with van der Waals surface area (Å²) in [4.78, 5) is 0. The Balaban J connectivity index is 1.81. The van der Waals surface area contributed by atoms with Gasteiger partial charge in [-0.05, 0) is 12.1 Å². The average Bonchev–Trinajstić information content (AvgIpc) is 2.99. The molecule has 0 unspecified atom stereocenters. The molecule has 1 N–H and O–H groups in total. The van der Waals surface area contributed by atoms with E-state index < -0.39 is 0 Å². The molecule has 2 aromatic carbocycles. The SMILES string of the molecule is COc1ccccc1COc1cc2c(cc1CO)OCO2. The largest absolute Gasteiger partial charge is 0.496 e. The van der Waals surface area contributed by atoms with Crippen LogP contribution in [0.5, 0.6) is 23.0 Å². The van der Waals surface area contributed by atoms with E-state index in [1.165, 1.54) is 0 Å². The Bertz CT molecular complexity index is 639. The summed E-state index contributed by atoms with van der Waals surface area (Å²) in [5.74, 6) is 2.60. The van der Waals surface area contributed by atoms with Crippen LogP contribution in [0.4, 0.5) is 0 Å². The zero-order chi connectivity index (χ0) is 14.7. The fourth-order valence-electron chi connectivity index (χ4n) is 2.20. The first-order valence-corrected chi connectivity index (χ1v) is 6.60. The molecule has 0 amide bonds. The molecule has 0 atom stereocenters. The van der Waals surface area contributed by atoms with Gasteiger partial charge in [0.15, 0.2) is 11.5 Å². The summed E-state index contributed by atoms with van der Waals surface area (Å²) >= 11 is 0. The Morgan fingerprint density at radius 2 is 1.81 bits per heavy atom. The van der Waals surface area contributed by atoms with Crippen molar-refractivity contribution in [3.8, 4) is 23.0 Å². The average molecular weight is 288 g/mol. The smallest absolute Gasteiger partial charge is 0.231 e. The minimum absolute atomic E-state index is 0.127. The van der Waals surface area contributed by atoms with Gasteiger partial charge in [-0.1, -0.05) is 18.2 Å². The summed E-state index contributed by atoms with van der Waals surface area (Å²) in [5, 5.41) is 9.45. The third-order valence-corrected chi connectivity index (χ3v) is 3.30. The molecule has 2 aromatic rings. The van der Waals surface area contributed by atoms with Gasteiger partial charge in [0.25, 0.3) is 0 Å². The predicted octanol–water partition coefficient (Wildman–Crippen LogP) is 2.50. The number of hydrogen-bond donors (Lipinski definition) is 1. The van der Waals surface area contributed by atoms with Crippen molar-refractivity contribution in [2.45, 2.75) is 13.2 Å². The number of ether oxygens (including phenoxy) is 4. The second kappa shape index (κ2) is 5.93. The second-order valence-corrected chi connectivity index (χ2v) is 4.57. The van der Waals surface area contributed by atoms with Gasteiger partial charge in [-0.2, -0.15) is 0 Å². The van der Waals surface area contributed by atoms with Gasteiger partial charge >= 0.3 is 0 Å². The molecule has 5 nitrogen and oxygen atoms in total. The lowest BCUT2D eigenvalue weighted by Crippen LogP contribution is -2.01. The molecular formula is C16H16O5. The number of aliphatic hydroxyl groups is 1. The zero-order valence-corrected chi connectivity index (χ0v) is 11.7. The molecule has 21 heavy (non-hydrogen) atoms. The normalized spacial score (nSPS) is 12.3. The van der Waals surface area contributed by atoms with Crippen LogP contribution in [0.25, 0.3) is 0 Å². The monoisotopic (exact) mass is 288 g/mol. The highest BCUT2D eigenvalue weighted by atomic mass is 16.7. The van der Waals surface area contributed by atoms with E-state index in [2.05, 4.69) is 0 Å². The maximum absolute atomic E-state index is 9.45. The lowest BCUT2D eigenvalue weighted by molar-refractivity contribution is 0.173. The van der Waals surface area contributed by atoms with Gasteiger partial charge < -0.3 is 24.1 Å². The van der Waals surface area contributed by atoms with Gasteiger partial charge in [-0.25, -0.2) is 0 Å². The number of benzene rings is 2. The van der Waals surface area contributed by atoms with Crippen molar-refractivity contribution in [2.24, 2.45) is 0 Å². The number of rotatable bonds is 5. The predicted molar refractivity (Wildman–Crippen MR) is 75.8 cm³/mol. The second-order valence-electron chi connectivity index (χ2n) is 4.57. The maximum Gasteiger partial charge on any atom is 0.231 e. The number of fused-ring (bicyclic) bond motifs is 1. The van der Waals surface area contributed by atoms with Crippen LogP contribution in [0.1, 0.15) is 11.1 Å². The summed E-state index contributed by atoms with van der Waals surface area (Å²) < 4.78 is 21.7. The van der Waals surface area contributed by atoms with Gasteiger partial charge in [0.05, 0.1) is 13.7 Å². The summed E-state index contributed by atoms with van der Waals surface area (Å²) in [6.45, 7) is 0.407. The highest BCUT2D eigenvalue weighted by Crippen LogP contribution is 2.38. The van der Waals surface area contributed by atoms with Crippen LogP contribution in [-0.4, -0.2) is 19.0 Å². The lowest BCUT2D eigenvalue weighted by Gasteiger charge is -2.13. The van der Waals surface area contributed by atoms with Crippen LogP contribution in [0, 0.1) is 0 Å². The Kier molecular flexibility index (Phi) is 3.83. The quantitative estimate of drug-likeness (QED) is 0.916. The van der Waals surface area contributed by atoms with Crippen LogP contribution in [0.2, 0.25) is 0 Å². The molecule has 1 aliphatic rings. The van der Waals surface area contributed by atoms with E-state index in [1.54, 1.807) is 19.2 Å². The molecule has 3 rings (SSSR count). The summed E-state index contributed by atoms with van der Waals surface area (Å²) in [6, 6.07) is 11.1. The first-order valence-electron chi connectivity index (χ1n) is 6.60. The molecule has 0 saturated carbocycles. The third kappa shape index (κ3) is 2.73. The fraction of sp³-hybridized carbons (Fsp3) is 0.250. The summed E-state index contributed by atoms with van der Waals surface area (Å²) in [7, 11) is 1.62. The number of para-hydroxylation sites is 1. The molecule has 0 fully saturated rings. The molecule has 1 aliphatic heterocycles. The molecule has 5 heteroatoms. The van der Waals surface area contributed by atoms with Gasteiger partial charge in [0.2, 0.25) is 6.79 Å². The van der Waals surface area contributed by atoms with E-state index in [-0.39, 0.29) is 13.4 Å². The Labute approximate surface area is 122 Å². The summed E-state index contributed by atoms with van der Waals surface area (Å²) in [6.07, 6.45) is 0. The van der Waals surface area contributed by atoms with Crippen molar-refractivity contribution in [1.29, 1.82) is 0 Å². The van der Waals surface area contributed by atoms with E-state index in [0.29, 0.717) is 29.4 Å². The van der Waals surface area contributed by atoms with Crippen LogP contribution < -0.4 is 18.9 Å². The van der Waals surface area contributed by atoms with Crippen molar-refractivity contribution in [3.05, 3.63) is 47.5 Å². The standard InChI is InChI=1S/C16H16O5/c1-18-13-5-3-2-4-11(13)9-19-14-7-16-15(20-10-21-16)6-12(14)8-17/h2-7,17H,8-10H2,1H3. The lowest BCUT2D eigenvalue weighted by atomic mass is 10.1. The van der Waals surface area contributed by atoms with Crippen molar-refractivity contribution < 1.29 is 24.1 Å². The summed E-state index contributed by atoms with van der Waals surface area (Å²) in [5.41, 5.74) is 1.59. The van der Waals surface area contributed by atoms with Gasteiger partial charge in [-0.3, -0.25) is 0 Å².